The lowest BCUT2D eigenvalue weighted by Crippen LogP contribution is -2.07. The Labute approximate surface area is 120 Å². The lowest BCUT2D eigenvalue weighted by atomic mass is 10.3. The second kappa shape index (κ2) is 5.80. The van der Waals surface area contributed by atoms with Crippen LogP contribution in [0.15, 0.2) is 22.9 Å². The number of nitrogens with one attached hydrogen (secondary N) is 1. The zero-order valence-corrected chi connectivity index (χ0v) is 13.1. The van der Waals surface area contributed by atoms with Gasteiger partial charge >= 0.3 is 0 Å². The van der Waals surface area contributed by atoms with Crippen molar-refractivity contribution in [1.82, 2.24) is 9.97 Å². The first-order valence-corrected chi connectivity index (χ1v) is 7.54. The normalized spacial score (nSPS) is 12.4. The monoisotopic (exact) mass is 325 g/mol. The summed E-state index contributed by atoms with van der Waals surface area (Å²) in [4.78, 5) is 10.1. The molecule has 5 heteroatoms. The molecular weight excluding hydrogens is 310 g/mol. The topological polar surface area (TPSA) is 37.8 Å². The molecule has 96 valence electrons. The van der Waals surface area contributed by atoms with Gasteiger partial charge in [-0.2, -0.15) is 0 Å². The molecule has 0 aliphatic carbocycles. The summed E-state index contributed by atoms with van der Waals surface area (Å²) in [5.41, 5.74) is 1.17. The third-order valence-electron chi connectivity index (χ3n) is 2.70. The van der Waals surface area contributed by atoms with Crippen LogP contribution in [0.4, 0.5) is 5.82 Å². The van der Waals surface area contributed by atoms with Gasteiger partial charge in [-0.25, -0.2) is 9.97 Å². The molecule has 0 aliphatic rings. The lowest BCUT2D eigenvalue weighted by molar-refractivity contribution is 0.859. The summed E-state index contributed by atoms with van der Waals surface area (Å²) in [6.07, 6.45) is 4.82. The predicted molar refractivity (Wildman–Crippen MR) is 80.2 cm³/mol. The highest BCUT2D eigenvalue weighted by atomic mass is 79.9. The first-order valence-electron chi connectivity index (χ1n) is 5.93. The molecule has 18 heavy (non-hydrogen) atoms. The highest BCUT2D eigenvalue weighted by Crippen LogP contribution is 2.24. The Balaban J connectivity index is 2.10. The van der Waals surface area contributed by atoms with Crippen LogP contribution in [0.2, 0.25) is 0 Å². The van der Waals surface area contributed by atoms with E-state index in [4.69, 9.17) is 0 Å². The zero-order chi connectivity index (χ0) is 13.1. The van der Waals surface area contributed by atoms with Gasteiger partial charge < -0.3 is 5.32 Å². The van der Waals surface area contributed by atoms with E-state index < -0.39 is 0 Å². The lowest BCUT2D eigenvalue weighted by Gasteiger charge is -2.12. The smallest absolute Gasteiger partial charge is 0.126 e. The van der Waals surface area contributed by atoms with Gasteiger partial charge in [-0.15, -0.1) is 11.3 Å². The van der Waals surface area contributed by atoms with Gasteiger partial charge in [-0.1, -0.05) is 6.92 Å². The van der Waals surface area contributed by atoms with Crippen LogP contribution in [-0.4, -0.2) is 9.97 Å². The molecule has 2 rings (SSSR count). The fourth-order valence-corrected chi connectivity index (χ4v) is 2.66. The van der Waals surface area contributed by atoms with E-state index in [-0.39, 0.29) is 6.04 Å². The Morgan fingerprint density at radius 3 is 2.78 bits per heavy atom. The number of hydrogen-bond acceptors (Lipinski definition) is 4. The summed E-state index contributed by atoms with van der Waals surface area (Å²) < 4.78 is 1.03. The summed E-state index contributed by atoms with van der Waals surface area (Å²) in [6.45, 7) is 6.31. The molecular formula is C13H16BrN3S. The largest absolute Gasteiger partial charge is 0.361 e. The average molecular weight is 326 g/mol. The number of hydrogen-bond donors (Lipinski definition) is 1. The summed E-state index contributed by atoms with van der Waals surface area (Å²) in [7, 11) is 0. The number of aromatic nitrogens is 2. The quantitative estimate of drug-likeness (QED) is 0.908. The predicted octanol–water partition coefficient (Wildman–Crippen LogP) is 4.34. The molecule has 0 saturated heterocycles. The van der Waals surface area contributed by atoms with Gasteiger partial charge in [0.25, 0.3) is 0 Å². The van der Waals surface area contributed by atoms with Crippen molar-refractivity contribution < 1.29 is 0 Å². The minimum absolute atomic E-state index is 0.184. The molecule has 1 unspecified atom stereocenters. The van der Waals surface area contributed by atoms with Crippen molar-refractivity contribution in [1.29, 1.82) is 0 Å². The number of rotatable bonds is 4. The molecule has 0 aliphatic heterocycles. The van der Waals surface area contributed by atoms with Crippen LogP contribution in [0.5, 0.6) is 0 Å². The summed E-state index contributed by atoms with van der Waals surface area (Å²) >= 11 is 5.21. The van der Waals surface area contributed by atoms with Crippen LogP contribution in [0.1, 0.15) is 35.3 Å². The Hall–Kier alpha value is -0.940. The van der Waals surface area contributed by atoms with E-state index in [1.165, 1.54) is 10.4 Å². The van der Waals surface area contributed by atoms with Crippen LogP contribution in [-0.2, 0) is 6.42 Å². The van der Waals surface area contributed by atoms with Gasteiger partial charge in [0, 0.05) is 21.7 Å². The molecule has 2 aromatic rings. The number of thiazole rings is 1. The third kappa shape index (κ3) is 3.09. The number of halogens is 1. The van der Waals surface area contributed by atoms with Crippen LogP contribution in [0.25, 0.3) is 0 Å². The van der Waals surface area contributed by atoms with Crippen molar-refractivity contribution in [2.75, 3.05) is 5.32 Å². The Morgan fingerprint density at radius 1 is 1.39 bits per heavy atom. The first kappa shape index (κ1) is 13.5. The van der Waals surface area contributed by atoms with Crippen LogP contribution in [0, 0.1) is 6.92 Å². The van der Waals surface area contributed by atoms with Gasteiger partial charge in [0.05, 0.1) is 6.04 Å². The number of aryl methyl sites for hydroxylation is 2. The number of nitrogens with zero attached hydrogens (tertiary/aromatic N) is 2. The highest BCUT2D eigenvalue weighted by Gasteiger charge is 2.10. The van der Waals surface area contributed by atoms with Crippen molar-refractivity contribution in [3.63, 3.8) is 0 Å². The average Bonchev–Trinajstić information content (AvgIpc) is 2.82. The Bertz CT molecular complexity index is 539. The summed E-state index contributed by atoms with van der Waals surface area (Å²) in [5.74, 6) is 0.886. The minimum Gasteiger partial charge on any atom is -0.361 e. The highest BCUT2D eigenvalue weighted by molar-refractivity contribution is 9.10. The first-order chi connectivity index (χ1) is 8.60. The van der Waals surface area contributed by atoms with E-state index >= 15 is 0 Å². The SMILES string of the molecule is CCc1cnc(C(C)Nc2cc(C)c(Br)cn2)s1. The van der Waals surface area contributed by atoms with Gasteiger partial charge in [0.1, 0.15) is 10.8 Å². The van der Waals surface area contributed by atoms with E-state index in [0.29, 0.717) is 0 Å². The Kier molecular flexibility index (Phi) is 4.35. The second-order valence-electron chi connectivity index (χ2n) is 4.20. The summed E-state index contributed by atoms with van der Waals surface area (Å²) in [5, 5.41) is 4.49. The summed E-state index contributed by atoms with van der Waals surface area (Å²) in [6, 6.07) is 2.22. The van der Waals surface area contributed by atoms with Crippen LogP contribution < -0.4 is 5.32 Å². The standard InChI is InChI=1S/C13H16BrN3S/c1-4-10-6-16-13(18-10)9(3)17-12-5-8(2)11(14)7-15-12/h5-7,9H,4H2,1-3H3,(H,15,17). The Morgan fingerprint density at radius 2 is 2.17 bits per heavy atom. The van der Waals surface area contributed by atoms with Crippen molar-refractivity contribution in [3.8, 4) is 0 Å². The molecule has 0 saturated carbocycles. The molecule has 0 fully saturated rings. The molecule has 3 nitrogen and oxygen atoms in total. The van der Waals surface area contributed by atoms with Gasteiger partial charge in [-0.05, 0) is 47.8 Å². The van der Waals surface area contributed by atoms with E-state index in [0.717, 1.165) is 21.7 Å². The van der Waals surface area contributed by atoms with Crippen LogP contribution >= 0.6 is 27.3 Å². The van der Waals surface area contributed by atoms with Crippen molar-refractivity contribution >= 4 is 33.1 Å². The van der Waals surface area contributed by atoms with E-state index in [1.807, 2.05) is 18.5 Å². The zero-order valence-electron chi connectivity index (χ0n) is 10.7. The molecule has 2 aromatic heterocycles. The molecule has 0 aromatic carbocycles. The second-order valence-corrected chi connectivity index (χ2v) is 6.20. The van der Waals surface area contributed by atoms with Gasteiger partial charge in [0.2, 0.25) is 0 Å². The van der Waals surface area contributed by atoms with Crippen molar-refractivity contribution in [2.24, 2.45) is 0 Å². The van der Waals surface area contributed by atoms with Gasteiger partial charge in [-0.3, -0.25) is 0 Å². The third-order valence-corrected chi connectivity index (χ3v) is 4.86. The number of pyridine rings is 1. The van der Waals surface area contributed by atoms with Crippen molar-refractivity contribution in [3.05, 3.63) is 38.4 Å². The molecule has 1 atom stereocenters. The molecule has 0 bridgehead atoms. The number of anilines is 1. The fraction of sp³-hybridized carbons (Fsp3) is 0.385. The molecule has 0 spiro atoms. The fourth-order valence-electron chi connectivity index (χ4n) is 1.59. The van der Waals surface area contributed by atoms with Crippen molar-refractivity contribution in [2.45, 2.75) is 33.2 Å². The molecule has 0 amide bonds. The van der Waals surface area contributed by atoms with E-state index in [1.54, 1.807) is 11.3 Å². The maximum atomic E-state index is 4.44. The van der Waals surface area contributed by atoms with E-state index in [9.17, 15) is 0 Å². The van der Waals surface area contributed by atoms with E-state index in [2.05, 4.69) is 52.0 Å². The van der Waals surface area contributed by atoms with Gasteiger partial charge in [0.15, 0.2) is 0 Å². The molecule has 2 heterocycles. The minimum atomic E-state index is 0.184. The van der Waals surface area contributed by atoms with Crippen LogP contribution in [0.3, 0.4) is 0 Å². The molecule has 0 radical (unpaired) electrons. The maximum absolute atomic E-state index is 4.44. The maximum Gasteiger partial charge on any atom is 0.126 e. The molecule has 1 N–H and O–H groups in total.